The first kappa shape index (κ1) is 8.26. The summed E-state index contributed by atoms with van der Waals surface area (Å²) in [6.07, 6.45) is 2.07. The van der Waals surface area contributed by atoms with Crippen molar-refractivity contribution in [2.45, 2.75) is 12.8 Å². The minimum atomic E-state index is 0.0736. The third kappa shape index (κ3) is 1.41. The summed E-state index contributed by atoms with van der Waals surface area (Å²) < 4.78 is 1.05. The van der Waals surface area contributed by atoms with Crippen molar-refractivity contribution in [3.63, 3.8) is 0 Å². The molecule has 0 saturated heterocycles. The average molecular weight is 246 g/mol. The van der Waals surface area contributed by atoms with Crippen molar-refractivity contribution >= 4 is 33.2 Å². The summed E-state index contributed by atoms with van der Waals surface area (Å²) in [4.78, 5) is 12.6. The zero-order valence-electron chi connectivity index (χ0n) is 6.39. The van der Waals surface area contributed by atoms with Gasteiger partial charge in [0.25, 0.3) is 5.91 Å². The molecule has 0 radical (unpaired) electrons. The highest BCUT2D eigenvalue weighted by Gasteiger charge is 2.17. The number of hydrogen-bond acceptors (Lipinski definition) is 2. The highest BCUT2D eigenvalue weighted by Crippen LogP contribution is 2.29. The molecule has 0 fully saturated rings. The average Bonchev–Trinajstić information content (AvgIpc) is 2.33. The van der Waals surface area contributed by atoms with Crippen LogP contribution in [0.4, 0.5) is 0 Å². The Hall–Kier alpha value is -0.350. The molecule has 64 valence electrons. The van der Waals surface area contributed by atoms with Crippen LogP contribution in [0.3, 0.4) is 0 Å². The minimum Gasteiger partial charge on any atom is -0.352 e. The Morgan fingerprint density at radius 2 is 2.42 bits per heavy atom. The Labute approximate surface area is 83.1 Å². The van der Waals surface area contributed by atoms with E-state index in [1.807, 2.05) is 6.07 Å². The molecule has 0 aliphatic carbocycles. The number of thiophene rings is 1. The van der Waals surface area contributed by atoms with Gasteiger partial charge in [0.2, 0.25) is 0 Å². The molecule has 4 heteroatoms. The molecule has 1 aliphatic heterocycles. The molecule has 0 spiro atoms. The molecule has 1 amide bonds. The monoisotopic (exact) mass is 245 g/mol. The number of carbonyl (C=O) groups excluding carboxylic acids is 1. The van der Waals surface area contributed by atoms with E-state index < -0.39 is 0 Å². The van der Waals surface area contributed by atoms with Crippen LogP contribution in [0.5, 0.6) is 0 Å². The van der Waals surface area contributed by atoms with Gasteiger partial charge in [0.1, 0.15) is 0 Å². The lowest BCUT2D eigenvalue weighted by molar-refractivity contribution is 0.0956. The van der Waals surface area contributed by atoms with Crippen LogP contribution in [-0.2, 0) is 6.42 Å². The van der Waals surface area contributed by atoms with Crippen LogP contribution in [-0.4, -0.2) is 12.5 Å². The molecule has 1 N–H and O–H groups in total. The fourth-order valence-corrected chi connectivity index (χ4v) is 3.06. The first-order chi connectivity index (χ1) is 5.77. The normalized spacial score (nSPS) is 16.6. The largest absolute Gasteiger partial charge is 0.352 e. The van der Waals surface area contributed by atoms with Gasteiger partial charge in [-0.3, -0.25) is 4.79 Å². The van der Waals surface area contributed by atoms with Crippen molar-refractivity contribution in [2.24, 2.45) is 0 Å². The lowest BCUT2D eigenvalue weighted by Gasteiger charge is -1.96. The number of aryl methyl sites for hydroxylation is 1. The summed E-state index contributed by atoms with van der Waals surface area (Å²) in [7, 11) is 0. The van der Waals surface area contributed by atoms with Gasteiger partial charge in [-0.2, -0.15) is 0 Å². The van der Waals surface area contributed by atoms with E-state index in [9.17, 15) is 4.79 Å². The zero-order valence-corrected chi connectivity index (χ0v) is 8.80. The van der Waals surface area contributed by atoms with E-state index in [2.05, 4.69) is 21.2 Å². The van der Waals surface area contributed by atoms with Crippen LogP contribution in [0.25, 0.3) is 0 Å². The summed E-state index contributed by atoms with van der Waals surface area (Å²) in [5.41, 5.74) is 0.851. The summed E-state index contributed by atoms with van der Waals surface area (Å²) in [6, 6.07) is 1.90. The number of rotatable bonds is 0. The number of fused-ring (bicyclic) bond motifs is 1. The number of amides is 1. The first-order valence-electron chi connectivity index (χ1n) is 3.84. The van der Waals surface area contributed by atoms with Crippen molar-refractivity contribution in [1.29, 1.82) is 0 Å². The molecule has 0 bridgehead atoms. The number of nitrogens with one attached hydrogen (secondary N) is 1. The molecular formula is C8H8BrNOS. The summed E-state index contributed by atoms with van der Waals surface area (Å²) in [5.74, 6) is 0.0736. The van der Waals surface area contributed by atoms with Crippen LogP contribution in [0.15, 0.2) is 9.85 Å². The third-order valence-electron chi connectivity index (χ3n) is 1.89. The molecule has 0 unspecified atom stereocenters. The fourth-order valence-electron chi connectivity index (χ4n) is 1.32. The predicted molar refractivity (Wildman–Crippen MR) is 52.7 cm³/mol. The van der Waals surface area contributed by atoms with Crippen LogP contribution in [0.2, 0.25) is 0 Å². The van der Waals surface area contributed by atoms with Crippen LogP contribution in [0.1, 0.15) is 21.7 Å². The van der Waals surface area contributed by atoms with E-state index in [-0.39, 0.29) is 5.91 Å². The lowest BCUT2D eigenvalue weighted by atomic mass is 10.2. The number of hydrogen-bond donors (Lipinski definition) is 1. The topological polar surface area (TPSA) is 29.1 Å². The highest BCUT2D eigenvalue weighted by molar-refractivity contribution is 9.11. The maximum Gasteiger partial charge on any atom is 0.252 e. The zero-order chi connectivity index (χ0) is 8.55. The Balaban J connectivity index is 2.44. The van der Waals surface area contributed by atoms with E-state index in [1.54, 1.807) is 11.3 Å². The van der Waals surface area contributed by atoms with E-state index in [4.69, 9.17) is 0 Å². The molecule has 2 heterocycles. The van der Waals surface area contributed by atoms with Crippen molar-refractivity contribution < 1.29 is 4.79 Å². The summed E-state index contributed by atoms with van der Waals surface area (Å²) >= 11 is 5.05. The number of carbonyl (C=O) groups is 1. The standard InChI is InChI=1S/C8H8BrNOS/c9-7-4-5-6(12-7)2-1-3-10-8(5)11/h4H,1-3H2,(H,10,11). The molecule has 0 saturated carbocycles. The summed E-state index contributed by atoms with van der Waals surface area (Å²) in [5, 5.41) is 2.86. The second-order valence-corrected chi connectivity index (χ2v) is 5.26. The van der Waals surface area contributed by atoms with E-state index in [0.29, 0.717) is 0 Å². The molecule has 2 nitrogen and oxygen atoms in total. The molecule has 12 heavy (non-hydrogen) atoms. The van der Waals surface area contributed by atoms with Gasteiger partial charge in [0, 0.05) is 11.4 Å². The predicted octanol–water partition coefficient (Wildman–Crippen LogP) is 2.19. The first-order valence-corrected chi connectivity index (χ1v) is 5.45. The Bertz CT molecular complexity index is 321. The van der Waals surface area contributed by atoms with Gasteiger partial charge < -0.3 is 5.32 Å². The Kier molecular flexibility index (Phi) is 2.19. The number of halogens is 1. The van der Waals surface area contributed by atoms with Gasteiger partial charge in [-0.05, 0) is 34.8 Å². The maximum atomic E-state index is 11.4. The van der Waals surface area contributed by atoms with E-state index >= 15 is 0 Å². The van der Waals surface area contributed by atoms with Crippen LogP contribution < -0.4 is 5.32 Å². The van der Waals surface area contributed by atoms with Gasteiger partial charge in [-0.1, -0.05) is 0 Å². The van der Waals surface area contributed by atoms with Gasteiger partial charge >= 0.3 is 0 Å². The third-order valence-corrected chi connectivity index (χ3v) is 3.59. The van der Waals surface area contributed by atoms with Crippen molar-refractivity contribution in [1.82, 2.24) is 5.32 Å². The lowest BCUT2D eigenvalue weighted by Crippen LogP contribution is -2.22. The molecule has 1 aromatic rings. The SMILES string of the molecule is O=C1NCCCc2sc(Br)cc21. The van der Waals surface area contributed by atoms with Gasteiger partial charge in [0.15, 0.2) is 0 Å². The van der Waals surface area contributed by atoms with Crippen molar-refractivity contribution in [3.8, 4) is 0 Å². The van der Waals surface area contributed by atoms with Gasteiger partial charge in [0.05, 0.1) is 9.35 Å². The quantitative estimate of drug-likeness (QED) is 0.746. The minimum absolute atomic E-state index is 0.0736. The highest BCUT2D eigenvalue weighted by atomic mass is 79.9. The molecule has 0 aromatic carbocycles. The smallest absolute Gasteiger partial charge is 0.252 e. The van der Waals surface area contributed by atoms with Crippen LogP contribution >= 0.6 is 27.3 Å². The van der Waals surface area contributed by atoms with Crippen LogP contribution in [0, 0.1) is 0 Å². The Morgan fingerprint density at radius 1 is 1.58 bits per heavy atom. The van der Waals surface area contributed by atoms with E-state index in [0.717, 1.165) is 28.7 Å². The molecule has 0 atom stereocenters. The second-order valence-electron chi connectivity index (χ2n) is 2.75. The molecule has 2 rings (SSSR count). The molecular weight excluding hydrogens is 238 g/mol. The van der Waals surface area contributed by atoms with Gasteiger partial charge in [-0.15, -0.1) is 11.3 Å². The molecule has 1 aliphatic rings. The Morgan fingerprint density at radius 3 is 3.25 bits per heavy atom. The van der Waals surface area contributed by atoms with Gasteiger partial charge in [-0.25, -0.2) is 0 Å². The maximum absolute atomic E-state index is 11.4. The molecule has 1 aromatic heterocycles. The van der Waals surface area contributed by atoms with Crippen molar-refractivity contribution in [2.75, 3.05) is 6.54 Å². The second kappa shape index (κ2) is 3.18. The summed E-state index contributed by atoms with van der Waals surface area (Å²) in [6.45, 7) is 0.803. The fraction of sp³-hybridized carbons (Fsp3) is 0.375. The van der Waals surface area contributed by atoms with E-state index in [1.165, 1.54) is 4.88 Å². The van der Waals surface area contributed by atoms with Crippen molar-refractivity contribution in [3.05, 3.63) is 20.3 Å².